The van der Waals surface area contributed by atoms with Crippen molar-refractivity contribution in [2.75, 3.05) is 10.6 Å². The second kappa shape index (κ2) is 9.93. The van der Waals surface area contributed by atoms with Crippen molar-refractivity contribution in [1.29, 1.82) is 5.26 Å². The van der Waals surface area contributed by atoms with Gasteiger partial charge in [0.25, 0.3) is 0 Å². The minimum Gasteiger partial charge on any atom is -0.454 e. The van der Waals surface area contributed by atoms with Crippen molar-refractivity contribution in [2.45, 2.75) is 12.4 Å². The van der Waals surface area contributed by atoms with Gasteiger partial charge in [0, 0.05) is 10.7 Å². The number of nitriles is 1. The first-order valence-corrected chi connectivity index (χ1v) is 10.1. The van der Waals surface area contributed by atoms with Crippen LogP contribution in [0.3, 0.4) is 0 Å². The maximum Gasteiger partial charge on any atom is 0.417 e. The molecule has 3 rings (SSSR count). The smallest absolute Gasteiger partial charge is 0.417 e. The number of benzene rings is 3. The Bertz CT molecular complexity index is 1320. The van der Waals surface area contributed by atoms with Crippen LogP contribution in [0.5, 0.6) is 11.5 Å². The molecular formula is C22H11Cl2F6N3O2. The number of carbonyl (C=O) groups is 1. The molecule has 2 amide bonds. The van der Waals surface area contributed by atoms with E-state index in [1.165, 1.54) is 24.3 Å². The third kappa shape index (κ3) is 6.49. The van der Waals surface area contributed by atoms with Gasteiger partial charge in [0.1, 0.15) is 5.75 Å². The molecule has 35 heavy (non-hydrogen) atoms. The van der Waals surface area contributed by atoms with Gasteiger partial charge in [0.15, 0.2) is 5.75 Å². The quantitative estimate of drug-likeness (QED) is 0.331. The predicted molar refractivity (Wildman–Crippen MR) is 117 cm³/mol. The molecule has 0 unspecified atom stereocenters. The van der Waals surface area contributed by atoms with E-state index in [2.05, 4.69) is 10.6 Å². The highest BCUT2D eigenvalue weighted by molar-refractivity contribution is 6.35. The maximum absolute atomic E-state index is 13.2. The number of anilines is 2. The Hall–Kier alpha value is -3.62. The second-order valence-corrected chi connectivity index (χ2v) is 7.68. The molecule has 3 aromatic carbocycles. The molecule has 2 N–H and O–H groups in total. The zero-order chi connectivity index (χ0) is 26.0. The van der Waals surface area contributed by atoms with E-state index in [0.717, 1.165) is 18.2 Å². The molecule has 0 saturated carbocycles. The molecule has 3 aromatic rings. The van der Waals surface area contributed by atoms with Gasteiger partial charge >= 0.3 is 18.4 Å². The van der Waals surface area contributed by atoms with Crippen LogP contribution in [0.15, 0.2) is 54.6 Å². The van der Waals surface area contributed by atoms with Crippen LogP contribution >= 0.6 is 23.2 Å². The third-order valence-corrected chi connectivity index (χ3v) is 4.90. The summed E-state index contributed by atoms with van der Waals surface area (Å²) in [7, 11) is 0. The summed E-state index contributed by atoms with van der Waals surface area (Å²) in [6.07, 6.45) is -9.64. The van der Waals surface area contributed by atoms with Crippen LogP contribution in [-0.4, -0.2) is 6.03 Å². The normalized spacial score (nSPS) is 11.5. The summed E-state index contributed by atoms with van der Waals surface area (Å²) in [6, 6.07) is 8.93. The highest BCUT2D eigenvalue weighted by atomic mass is 35.5. The summed E-state index contributed by atoms with van der Waals surface area (Å²) in [5.41, 5.74) is -3.90. The van der Waals surface area contributed by atoms with Crippen molar-refractivity contribution < 1.29 is 35.9 Å². The summed E-state index contributed by atoms with van der Waals surface area (Å²) < 4.78 is 84.6. The summed E-state index contributed by atoms with van der Waals surface area (Å²) in [4.78, 5) is 12.4. The number of alkyl halides is 6. The highest BCUT2D eigenvalue weighted by Gasteiger charge is 2.34. The zero-order valence-electron chi connectivity index (χ0n) is 17.0. The molecule has 0 fully saturated rings. The molecule has 0 aliphatic carbocycles. The highest BCUT2D eigenvalue weighted by Crippen LogP contribution is 2.39. The fourth-order valence-corrected chi connectivity index (χ4v) is 3.26. The number of hydrogen-bond acceptors (Lipinski definition) is 3. The number of nitrogens with zero attached hydrogens (tertiary/aromatic N) is 1. The first kappa shape index (κ1) is 26.0. The van der Waals surface area contributed by atoms with E-state index >= 15 is 0 Å². The third-order valence-electron chi connectivity index (χ3n) is 4.37. The summed E-state index contributed by atoms with van der Waals surface area (Å²) in [5, 5.41) is 13.4. The van der Waals surface area contributed by atoms with Crippen molar-refractivity contribution >= 4 is 40.6 Å². The Kier molecular flexibility index (Phi) is 7.38. The second-order valence-electron chi connectivity index (χ2n) is 6.83. The lowest BCUT2D eigenvalue weighted by atomic mass is 10.1. The van der Waals surface area contributed by atoms with Crippen LogP contribution in [0.25, 0.3) is 0 Å². The number of nitrogens with one attached hydrogen (secondary N) is 2. The maximum atomic E-state index is 13.2. The van der Waals surface area contributed by atoms with Gasteiger partial charge in [-0.3, -0.25) is 0 Å². The SMILES string of the molecule is N#Cc1ccc(NC(=O)Nc2cc(C(F)(F)F)ccc2Oc2ccc(Cl)cc2Cl)cc1C(F)(F)F. The number of carbonyl (C=O) groups excluding carboxylic acids is 1. The number of ether oxygens (including phenoxy) is 1. The fourth-order valence-electron chi connectivity index (χ4n) is 2.81. The topological polar surface area (TPSA) is 74.2 Å². The van der Waals surface area contributed by atoms with E-state index in [0.29, 0.717) is 18.2 Å². The molecule has 13 heteroatoms. The Labute approximate surface area is 203 Å². The molecular weight excluding hydrogens is 523 g/mol. The summed E-state index contributed by atoms with van der Waals surface area (Å²) >= 11 is 11.8. The van der Waals surface area contributed by atoms with Crippen molar-refractivity contribution in [3.8, 4) is 17.6 Å². The van der Waals surface area contributed by atoms with Crippen LogP contribution in [-0.2, 0) is 12.4 Å². The number of rotatable bonds is 4. The molecule has 0 aliphatic rings. The molecule has 0 heterocycles. The fraction of sp³-hybridized carbons (Fsp3) is 0.0909. The van der Waals surface area contributed by atoms with Gasteiger partial charge < -0.3 is 15.4 Å². The minimum atomic E-state index is -4.88. The molecule has 182 valence electrons. The van der Waals surface area contributed by atoms with Crippen LogP contribution in [0.1, 0.15) is 16.7 Å². The average Bonchev–Trinajstić information content (AvgIpc) is 2.75. The van der Waals surface area contributed by atoms with E-state index in [9.17, 15) is 31.1 Å². The summed E-state index contributed by atoms with van der Waals surface area (Å²) in [5.74, 6) is -0.227. The molecule has 5 nitrogen and oxygen atoms in total. The lowest BCUT2D eigenvalue weighted by Gasteiger charge is -2.17. The van der Waals surface area contributed by atoms with Crippen molar-refractivity contribution in [2.24, 2.45) is 0 Å². The van der Waals surface area contributed by atoms with Gasteiger partial charge in [-0.2, -0.15) is 31.6 Å². The number of urea groups is 1. The van der Waals surface area contributed by atoms with E-state index in [1.54, 1.807) is 0 Å². The van der Waals surface area contributed by atoms with Gasteiger partial charge in [-0.1, -0.05) is 23.2 Å². The van der Waals surface area contributed by atoms with E-state index in [1.807, 2.05) is 0 Å². The Morgan fingerprint density at radius 3 is 2.14 bits per heavy atom. The standard InChI is InChI=1S/C22H11Cl2F6N3O2/c23-13-3-6-18(16(24)8-13)35-19-5-2-12(21(25,26)27)7-17(19)33-20(34)32-14-4-1-11(10-31)15(9-14)22(28,29)30/h1-9H,(H2,32,33,34). The average molecular weight is 534 g/mol. The van der Waals surface area contributed by atoms with Gasteiger partial charge in [-0.15, -0.1) is 0 Å². The molecule has 0 spiro atoms. The number of hydrogen-bond donors (Lipinski definition) is 2. The number of amides is 2. The van der Waals surface area contributed by atoms with Crippen molar-refractivity contribution in [3.63, 3.8) is 0 Å². The van der Waals surface area contributed by atoms with Crippen molar-refractivity contribution in [3.05, 3.63) is 81.3 Å². The molecule has 0 bridgehead atoms. The van der Waals surface area contributed by atoms with Crippen LogP contribution in [0, 0.1) is 11.3 Å². The first-order valence-electron chi connectivity index (χ1n) is 9.31. The molecule has 0 atom stereocenters. The largest absolute Gasteiger partial charge is 0.454 e. The van der Waals surface area contributed by atoms with E-state index in [4.69, 9.17) is 33.2 Å². The van der Waals surface area contributed by atoms with E-state index < -0.39 is 40.8 Å². The van der Waals surface area contributed by atoms with Crippen LogP contribution < -0.4 is 15.4 Å². The number of halogens is 8. The van der Waals surface area contributed by atoms with Crippen molar-refractivity contribution in [1.82, 2.24) is 0 Å². The predicted octanol–water partition coefficient (Wildman–Crippen LogP) is 8.34. The molecule has 0 saturated heterocycles. The minimum absolute atomic E-state index is 0.0150. The summed E-state index contributed by atoms with van der Waals surface area (Å²) in [6.45, 7) is 0. The monoisotopic (exact) mass is 533 g/mol. The van der Waals surface area contributed by atoms with Crippen LogP contribution in [0.2, 0.25) is 10.0 Å². The molecule has 0 aromatic heterocycles. The van der Waals surface area contributed by atoms with Gasteiger partial charge in [-0.05, 0) is 54.6 Å². The van der Waals surface area contributed by atoms with Gasteiger partial charge in [0.05, 0.1) is 33.5 Å². The lowest BCUT2D eigenvalue weighted by Crippen LogP contribution is -2.21. The molecule has 0 aliphatic heterocycles. The Morgan fingerprint density at radius 2 is 1.54 bits per heavy atom. The van der Waals surface area contributed by atoms with Crippen LogP contribution in [0.4, 0.5) is 42.5 Å². The Balaban J connectivity index is 1.91. The van der Waals surface area contributed by atoms with Gasteiger partial charge in [0.2, 0.25) is 0 Å². The van der Waals surface area contributed by atoms with Gasteiger partial charge in [-0.25, -0.2) is 4.79 Å². The Morgan fingerprint density at radius 1 is 0.857 bits per heavy atom. The molecule has 0 radical (unpaired) electrons. The first-order chi connectivity index (χ1) is 16.3. The lowest BCUT2D eigenvalue weighted by molar-refractivity contribution is -0.138. The van der Waals surface area contributed by atoms with E-state index in [-0.39, 0.29) is 27.2 Å². The zero-order valence-corrected chi connectivity index (χ0v) is 18.5.